The molecule has 0 saturated heterocycles. The molecule has 0 aliphatic carbocycles. The molecule has 0 aliphatic rings. The molecule has 0 amide bonds. The van der Waals surface area contributed by atoms with E-state index >= 15 is 0 Å². The molecule has 7 heteroatoms. The number of nitrogens with zero attached hydrogens (tertiary/aromatic N) is 1. The van der Waals surface area contributed by atoms with Crippen LogP contribution in [0.2, 0.25) is 0 Å². The maximum absolute atomic E-state index is 11.7. The molecule has 6 nitrogen and oxygen atoms in total. The second-order valence-corrected chi connectivity index (χ2v) is 5.80. The zero-order valence-corrected chi connectivity index (χ0v) is 12.0. The lowest BCUT2D eigenvalue weighted by Crippen LogP contribution is -2.40. The van der Waals surface area contributed by atoms with E-state index in [2.05, 4.69) is 4.72 Å². The van der Waals surface area contributed by atoms with Crippen LogP contribution in [0.25, 0.3) is 0 Å². The van der Waals surface area contributed by atoms with Gasteiger partial charge in [0.2, 0.25) is 0 Å². The van der Waals surface area contributed by atoms with Gasteiger partial charge < -0.3 is 5.11 Å². The quantitative estimate of drug-likeness (QED) is 0.557. The maximum atomic E-state index is 11.7. The van der Waals surface area contributed by atoms with E-state index in [9.17, 15) is 13.2 Å². The predicted octanol–water partition coefficient (Wildman–Crippen LogP) is 1.20. The number of unbranched alkanes of at least 4 members (excludes halogenated alkanes) is 3. The fourth-order valence-electron chi connectivity index (χ4n) is 1.61. The molecule has 0 spiro atoms. The minimum atomic E-state index is -3.34. The Morgan fingerprint density at radius 1 is 1.11 bits per heavy atom. The van der Waals surface area contributed by atoms with Crippen molar-refractivity contribution in [2.75, 3.05) is 19.6 Å². The Kier molecular flexibility index (Phi) is 8.95. The van der Waals surface area contributed by atoms with Crippen molar-refractivity contribution in [3.05, 3.63) is 0 Å². The van der Waals surface area contributed by atoms with Gasteiger partial charge in [-0.2, -0.15) is 12.7 Å². The monoisotopic (exact) mass is 280 g/mol. The van der Waals surface area contributed by atoms with Crippen LogP contribution in [0.4, 0.5) is 0 Å². The lowest BCUT2D eigenvalue weighted by molar-refractivity contribution is -0.137. The first-order valence-corrected chi connectivity index (χ1v) is 7.84. The van der Waals surface area contributed by atoms with E-state index in [1.807, 2.05) is 0 Å². The third-order valence-electron chi connectivity index (χ3n) is 2.65. The highest BCUT2D eigenvalue weighted by Gasteiger charge is 2.16. The van der Waals surface area contributed by atoms with Crippen LogP contribution in [0.3, 0.4) is 0 Å². The van der Waals surface area contributed by atoms with E-state index < -0.39 is 16.2 Å². The molecule has 0 aromatic heterocycles. The van der Waals surface area contributed by atoms with Crippen molar-refractivity contribution in [1.82, 2.24) is 9.03 Å². The first-order valence-electron chi connectivity index (χ1n) is 6.40. The largest absolute Gasteiger partial charge is 0.481 e. The Hall–Kier alpha value is -0.660. The lowest BCUT2D eigenvalue weighted by Gasteiger charge is -2.18. The third kappa shape index (κ3) is 7.62. The highest BCUT2D eigenvalue weighted by atomic mass is 32.2. The van der Waals surface area contributed by atoms with Gasteiger partial charge in [0.1, 0.15) is 0 Å². The Labute approximate surface area is 110 Å². The van der Waals surface area contributed by atoms with E-state index in [-0.39, 0.29) is 6.42 Å². The first kappa shape index (κ1) is 17.3. The molecule has 18 heavy (non-hydrogen) atoms. The van der Waals surface area contributed by atoms with Crippen molar-refractivity contribution >= 4 is 16.2 Å². The summed E-state index contributed by atoms with van der Waals surface area (Å²) in [6, 6.07) is 0. The molecular weight excluding hydrogens is 256 g/mol. The van der Waals surface area contributed by atoms with Gasteiger partial charge in [0.25, 0.3) is 10.2 Å². The van der Waals surface area contributed by atoms with Gasteiger partial charge >= 0.3 is 5.97 Å². The summed E-state index contributed by atoms with van der Waals surface area (Å²) in [4.78, 5) is 10.3. The molecular formula is C11H24N2O4S. The number of hydrogen-bond donors (Lipinski definition) is 2. The first-order chi connectivity index (χ1) is 8.44. The van der Waals surface area contributed by atoms with Crippen LogP contribution in [0.5, 0.6) is 0 Å². The summed E-state index contributed by atoms with van der Waals surface area (Å²) >= 11 is 0. The average molecular weight is 280 g/mol. The summed E-state index contributed by atoms with van der Waals surface area (Å²) in [5, 5.41) is 8.44. The molecule has 0 fully saturated rings. The van der Waals surface area contributed by atoms with Crippen molar-refractivity contribution < 1.29 is 18.3 Å². The van der Waals surface area contributed by atoms with Crippen LogP contribution < -0.4 is 4.72 Å². The zero-order valence-electron chi connectivity index (χ0n) is 11.2. The molecule has 0 aromatic rings. The molecule has 0 bridgehead atoms. The van der Waals surface area contributed by atoms with E-state index in [0.29, 0.717) is 26.1 Å². The standard InChI is InChI=1S/C11H24N2O4S/c1-3-13(4-2)18(16,17)12-10-8-6-5-7-9-11(14)15/h12H,3-10H2,1-2H3,(H,14,15). The van der Waals surface area contributed by atoms with Crippen LogP contribution in [0.1, 0.15) is 46.0 Å². The van der Waals surface area contributed by atoms with Gasteiger partial charge in [-0.3, -0.25) is 4.79 Å². The molecule has 0 unspecified atom stereocenters. The van der Waals surface area contributed by atoms with Crippen molar-refractivity contribution in [2.45, 2.75) is 46.0 Å². The topological polar surface area (TPSA) is 86.7 Å². The van der Waals surface area contributed by atoms with Gasteiger partial charge in [-0.25, -0.2) is 4.72 Å². The van der Waals surface area contributed by atoms with E-state index in [1.165, 1.54) is 4.31 Å². The van der Waals surface area contributed by atoms with Gasteiger partial charge in [0, 0.05) is 26.1 Å². The molecule has 0 aromatic carbocycles. The second kappa shape index (κ2) is 9.29. The van der Waals surface area contributed by atoms with Crippen LogP contribution in [-0.2, 0) is 15.0 Å². The Morgan fingerprint density at radius 3 is 2.17 bits per heavy atom. The molecule has 108 valence electrons. The van der Waals surface area contributed by atoms with Crippen molar-refractivity contribution in [2.24, 2.45) is 0 Å². The number of carbonyl (C=O) groups is 1. The fourth-order valence-corrected chi connectivity index (χ4v) is 2.88. The number of carboxylic acid groups (broad SMARTS) is 1. The van der Waals surface area contributed by atoms with Crippen molar-refractivity contribution in [3.63, 3.8) is 0 Å². The number of aliphatic carboxylic acids is 1. The fraction of sp³-hybridized carbons (Fsp3) is 0.909. The molecule has 0 rings (SSSR count). The zero-order chi connectivity index (χ0) is 14.0. The van der Waals surface area contributed by atoms with Gasteiger partial charge in [-0.15, -0.1) is 0 Å². The highest BCUT2D eigenvalue weighted by Crippen LogP contribution is 2.03. The van der Waals surface area contributed by atoms with Gasteiger partial charge in [0.15, 0.2) is 0 Å². The Bertz CT molecular complexity index is 326. The summed E-state index contributed by atoms with van der Waals surface area (Å²) < 4.78 is 27.3. The SMILES string of the molecule is CCN(CC)S(=O)(=O)NCCCCCCC(=O)O. The number of rotatable bonds is 11. The second-order valence-electron chi connectivity index (χ2n) is 4.04. The molecule has 0 saturated carbocycles. The van der Waals surface area contributed by atoms with Gasteiger partial charge in [-0.1, -0.05) is 26.7 Å². The summed E-state index contributed by atoms with van der Waals surface area (Å²) in [5.41, 5.74) is 0. The molecule has 0 atom stereocenters. The summed E-state index contributed by atoms with van der Waals surface area (Å²) in [6.45, 7) is 4.93. The third-order valence-corrected chi connectivity index (χ3v) is 4.41. The maximum Gasteiger partial charge on any atom is 0.303 e. The van der Waals surface area contributed by atoms with E-state index in [0.717, 1.165) is 19.3 Å². The minimum Gasteiger partial charge on any atom is -0.481 e. The summed E-state index contributed by atoms with van der Waals surface area (Å²) in [6.07, 6.45) is 3.23. The minimum absolute atomic E-state index is 0.186. The molecule has 0 aliphatic heterocycles. The molecule has 0 heterocycles. The summed E-state index contributed by atoms with van der Waals surface area (Å²) in [5.74, 6) is -0.780. The van der Waals surface area contributed by atoms with Crippen LogP contribution in [0.15, 0.2) is 0 Å². The Balaban J connectivity index is 3.68. The number of hydrogen-bond acceptors (Lipinski definition) is 3. The van der Waals surface area contributed by atoms with Gasteiger partial charge in [0.05, 0.1) is 0 Å². The van der Waals surface area contributed by atoms with E-state index in [4.69, 9.17) is 5.11 Å². The van der Waals surface area contributed by atoms with Crippen LogP contribution >= 0.6 is 0 Å². The molecule has 2 N–H and O–H groups in total. The number of carboxylic acids is 1. The predicted molar refractivity (Wildman–Crippen MR) is 70.6 cm³/mol. The van der Waals surface area contributed by atoms with Crippen LogP contribution in [-0.4, -0.2) is 43.4 Å². The molecule has 0 radical (unpaired) electrons. The average Bonchev–Trinajstić information content (AvgIpc) is 2.28. The van der Waals surface area contributed by atoms with E-state index in [1.54, 1.807) is 13.8 Å². The Morgan fingerprint density at radius 2 is 1.67 bits per heavy atom. The normalized spacial score (nSPS) is 11.9. The lowest BCUT2D eigenvalue weighted by atomic mass is 10.1. The van der Waals surface area contributed by atoms with Gasteiger partial charge in [-0.05, 0) is 12.8 Å². The number of nitrogens with one attached hydrogen (secondary N) is 1. The smallest absolute Gasteiger partial charge is 0.303 e. The summed E-state index contributed by atoms with van der Waals surface area (Å²) in [7, 11) is -3.34. The van der Waals surface area contributed by atoms with Crippen LogP contribution in [0, 0.1) is 0 Å². The van der Waals surface area contributed by atoms with Crippen molar-refractivity contribution in [3.8, 4) is 0 Å². The highest BCUT2D eigenvalue weighted by molar-refractivity contribution is 7.87. The van der Waals surface area contributed by atoms with Crippen molar-refractivity contribution in [1.29, 1.82) is 0 Å².